The van der Waals surface area contributed by atoms with E-state index in [1.54, 1.807) is 0 Å². The number of hydrogen-bond donors (Lipinski definition) is 0. The van der Waals surface area contributed by atoms with Crippen LogP contribution in [0.5, 0.6) is 0 Å². The van der Waals surface area contributed by atoms with Gasteiger partial charge in [-0.05, 0) is 187 Å². The normalized spacial score (nSPS) is 13.6. The first-order valence-corrected chi connectivity index (χ1v) is 40.1. The topological polar surface area (TPSA) is 32.8 Å². The van der Waals surface area contributed by atoms with Crippen molar-refractivity contribution in [2.45, 2.75) is 183 Å². The first kappa shape index (κ1) is 73.0. The number of anilines is 6. The molecule has 0 saturated heterocycles. The minimum Gasteiger partial charge on any atom is -0.455 e. The van der Waals surface area contributed by atoms with E-state index in [0.717, 1.165) is 100 Å². The molecule has 4 nitrogen and oxygen atoms in total. The minimum atomic E-state index is -0.350. The molecule has 554 valence electrons. The van der Waals surface area contributed by atoms with Gasteiger partial charge in [0.05, 0.1) is 11.4 Å². The van der Waals surface area contributed by atoms with Gasteiger partial charge in [0, 0.05) is 77.7 Å². The van der Waals surface area contributed by atoms with Crippen molar-refractivity contribution in [1.82, 2.24) is 0 Å². The molecule has 0 fully saturated rings. The third-order valence-corrected chi connectivity index (χ3v) is 23.9. The summed E-state index contributed by atoms with van der Waals surface area (Å²) in [5, 5.41) is 4.41. The van der Waals surface area contributed by atoms with Crippen LogP contribution in [0, 0.1) is 0 Å². The van der Waals surface area contributed by atoms with Crippen LogP contribution in [0.1, 0.15) is 184 Å². The first-order valence-electron chi connectivity index (χ1n) is 40.1. The Morgan fingerprint density at radius 1 is 0.225 bits per heavy atom. The fourth-order valence-corrected chi connectivity index (χ4v) is 17.3. The molecule has 0 aliphatic carbocycles. The lowest BCUT2D eigenvalue weighted by Gasteiger charge is -2.47. The van der Waals surface area contributed by atoms with Gasteiger partial charge in [-0.15, -0.1) is 0 Å². The quantitative estimate of drug-likeness (QED) is 0.142. The zero-order valence-corrected chi connectivity index (χ0v) is 69.0. The van der Waals surface area contributed by atoms with Crippen LogP contribution in [-0.2, 0) is 37.9 Å². The van der Waals surface area contributed by atoms with Gasteiger partial charge < -0.3 is 18.6 Å². The lowest BCUT2D eigenvalue weighted by Crippen LogP contribution is -2.61. The Balaban J connectivity index is 1.09. The van der Waals surface area contributed by atoms with Gasteiger partial charge in [-0.1, -0.05) is 340 Å². The van der Waals surface area contributed by atoms with Crippen LogP contribution in [0.2, 0.25) is 0 Å². The van der Waals surface area contributed by atoms with Crippen LogP contribution >= 0.6 is 0 Å². The van der Waals surface area contributed by atoms with Crippen molar-refractivity contribution in [3.63, 3.8) is 0 Å². The molecule has 2 aliphatic heterocycles. The molecule has 0 saturated carbocycles. The van der Waals surface area contributed by atoms with Gasteiger partial charge in [0.15, 0.2) is 0 Å². The molecule has 0 atom stereocenters. The fourth-order valence-electron chi connectivity index (χ4n) is 17.3. The third-order valence-electron chi connectivity index (χ3n) is 23.9. The highest BCUT2D eigenvalue weighted by atomic mass is 16.3. The van der Waals surface area contributed by atoms with Gasteiger partial charge in [0.25, 0.3) is 6.71 Å². The summed E-state index contributed by atoms with van der Waals surface area (Å²) in [6.45, 7) is 49.3. The average molecular weight is 1450 g/mol. The van der Waals surface area contributed by atoms with Crippen molar-refractivity contribution >= 4 is 101 Å². The lowest BCUT2D eigenvalue weighted by atomic mass is 9.33. The van der Waals surface area contributed by atoms with Crippen LogP contribution < -0.4 is 26.2 Å². The molecule has 4 heterocycles. The third kappa shape index (κ3) is 12.7. The van der Waals surface area contributed by atoms with Crippen LogP contribution in [0.15, 0.2) is 264 Å². The maximum absolute atomic E-state index is 7.08. The monoisotopic (exact) mass is 1450 g/mol. The van der Waals surface area contributed by atoms with Crippen LogP contribution in [-0.4, -0.2) is 6.71 Å². The molecule has 0 unspecified atom stereocenters. The zero-order chi connectivity index (χ0) is 78.1. The van der Waals surface area contributed by atoms with Crippen LogP contribution in [0.25, 0.3) is 111 Å². The van der Waals surface area contributed by atoms with Crippen molar-refractivity contribution in [3.05, 3.63) is 294 Å². The van der Waals surface area contributed by atoms with E-state index in [2.05, 4.69) is 410 Å². The Morgan fingerprint density at radius 2 is 0.505 bits per heavy atom. The molecule has 0 spiro atoms. The summed E-state index contributed by atoms with van der Waals surface area (Å²) >= 11 is 0. The van der Waals surface area contributed by atoms with E-state index in [4.69, 9.17) is 8.83 Å². The maximum Gasteiger partial charge on any atom is 0.252 e. The fraction of sp³-hybridized carbons (Fsp3) is 0.264. The summed E-state index contributed by atoms with van der Waals surface area (Å²) in [5.41, 5.74) is 35.1. The van der Waals surface area contributed by atoms with Gasteiger partial charge in [0.2, 0.25) is 0 Å². The van der Waals surface area contributed by atoms with E-state index in [1.807, 2.05) is 0 Å². The number of hydrogen-bond acceptors (Lipinski definition) is 4. The maximum atomic E-state index is 7.08. The second-order valence-corrected chi connectivity index (χ2v) is 39.1. The van der Waals surface area contributed by atoms with E-state index in [1.165, 1.54) is 99.8 Å². The number of benzene rings is 13. The second kappa shape index (κ2) is 25.9. The van der Waals surface area contributed by atoms with Crippen LogP contribution in [0.3, 0.4) is 0 Å². The van der Waals surface area contributed by atoms with E-state index in [9.17, 15) is 0 Å². The van der Waals surface area contributed by atoms with E-state index < -0.39 is 0 Å². The molecule has 111 heavy (non-hydrogen) atoms. The summed E-state index contributed by atoms with van der Waals surface area (Å²) in [5.74, 6) is 0. The van der Waals surface area contributed by atoms with Crippen molar-refractivity contribution < 1.29 is 8.83 Å². The van der Waals surface area contributed by atoms with Gasteiger partial charge in [-0.25, -0.2) is 0 Å². The molecule has 2 aromatic heterocycles. The highest BCUT2D eigenvalue weighted by Crippen LogP contribution is 2.57. The van der Waals surface area contributed by atoms with Crippen molar-refractivity contribution in [2.24, 2.45) is 0 Å². The predicted octanol–water partition coefficient (Wildman–Crippen LogP) is 28.7. The highest BCUT2D eigenvalue weighted by Gasteiger charge is 2.47. The van der Waals surface area contributed by atoms with Crippen LogP contribution in [0.4, 0.5) is 34.1 Å². The summed E-state index contributed by atoms with van der Waals surface area (Å²) in [6, 6.07) is 98.6. The van der Waals surface area contributed by atoms with E-state index >= 15 is 0 Å². The van der Waals surface area contributed by atoms with Crippen molar-refractivity contribution in [1.29, 1.82) is 0 Å². The Labute approximate surface area is 659 Å². The summed E-state index contributed by atoms with van der Waals surface area (Å²) in [4.78, 5) is 5.50. The van der Waals surface area contributed by atoms with E-state index in [-0.39, 0.29) is 44.6 Å². The summed E-state index contributed by atoms with van der Waals surface area (Å²) in [7, 11) is 0. The number of rotatable bonds is 8. The SMILES string of the molecule is CC(C)(C)c1cccc(-c2cc(C(C)(C)C)cc(-c3cccc(C(C)(C)C)c3)c2N2c3ccc(-c4cccc5c4oc4ccccc45)cc3B3c4cc(-c5cccc6c5oc5ccccc56)ccc4N(c4c(-c5cccc(C(C)(C)C)c5)cc(C(C)(C)C)cc4-c4cccc(C(C)(C)C)c4)c4cc(C(C)(C)C)cc2c43)c1. The molecule has 0 amide bonds. The molecule has 0 radical (unpaired) electrons. The lowest BCUT2D eigenvalue weighted by molar-refractivity contribution is 0.589. The zero-order valence-electron chi connectivity index (χ0n) is 69.0. The van der Waals surface area contributed by atoms with E-state index in [0.29, 0.717) is 0 Å². The molecule has 0 bridgehead atoms. The summed E-state index contributed by atoms with van der Waals surface area (Å²) in [6.07, 6.45) is 0. The molecule has 5 heteroatoms. The van der Waals surface area contributed by atoms with Crippen molar-refractivity contribution in [3.8, 4) is 66.8 Å². The Bertz CT molecular complexity index is 5750. The molecule has 2 aliphatic rings. The van der Waals surface area contributed by atoms with Gasteiger partial charge in [-0.3, -0.25) is 0 Å². The second-order valence-electron chi connectivity index (χ2n) is 39.1. The van der Waals surface area contributed by atoms with Gasteiger partial charge in [0.1, 0.15) is 22.3 Å². The smallest absolute Gasteiger partial charge is 0.252 e. The largest absolute Gasteiger partial charge is 0.455 e. The van der Waals surface area contributed by atoms with Crippen molar-refractivity contribution in [2.75, 3.05) is 9.80 Å². The molecule has 17 rings (SSSR count). The minimum absolute atomic E-state index is 0.137. The molecule has 0 N–H and O–H groups in total. The highest BCUT2D eigenvalue weighted by molar-refractivity contribution is 7.00. The first-order chi connectivity index (χ1) is 52.4. The standard InChI is InChI=1S/C106H105BN2O2/c1-100(2,3)70-36-26-32-64(52-70)83-58-74(104(13,14)15)59-84(65-33-27-37-71(53-65)101(4,5)6)96(83)108-89-50-48-68(77-42-30-44-81-79-40-22-24-46-93(79)110-98(77)81)56-87(89)107-88-57-69(78-43-31-45-82-80-41-23-25-47-94(80)111-99(78)82)49-51-90(88)109(92-63-76(106(19,20)21)62-91(108)95(92)107)97-85(66-34-28-38-72(54-66)102(7,8)9)60-75(105(16,17)18)61-86(97)67-35-29-39-73(55-67)103(10,11)12/h22-63H,1-21H3. The number of nitrogens with zero attached hydrogens (tertiary/aromatic N) is 2. The van der Waals surface area contributed by atoms with Gasteiger partial charge in [-0.2, -0.15) is 0 Å². The summed E-state index contributed by atoms with van der Waals surface area (Å²) < 4.78 is 14.2. The number of furan rings is 2. The predicted molar refractivity (Wildman–Crippen MR) is 479 cm³/mol. The molecule has 13 aromatic carbocycles. The molecular weight excluding hydrogens is 1340 g/mol. The number of fused-ring (bicyclic) bond motifs is 10. The molecular formula is C106H105BN2O2. The molecule has 15 aromatic rings. The Hall–Kier alpha value is -10.9. The average Bonchev–Trinajstić information content (AvgIpc) is 1.04. The Morgan fingerprint density at radius 3 is 0.820 bits per heavy atom. The number of para-hydroxylation sites is 4. The Kier molecular flexibility index (Phi) is 17.0. The van der Waals surface area contributed by atoms with Gasteiger partial charge >= 0.3 is 0 Å².